The highest BCUT2D eigenvalue weighted by Crippen LogP contribution is 2.43. The Kier molecular flexibility index (Phi) is 6.98. The van der Waals surface area contributed by atoms with Crippen molar-refractivity contribution in [3.8, 4) is 5.75 Å². The monoisotopic (exact) mass is 465 g/mol. The van der Waals surface area contributed by atoms with Crippen molar-refractivity contribution in [1.29, 1.82) is 0 Å². The number of hydrogen-bond donors (Lipinski definition) is 1. The van der Waals surface area contributed by atoms with Crippen molar-refractivity contribution in [3.05, 3.63) is 54.1 Å². The SMILES string of the molecule is CCOc1ccc(N2C(=O)CSc3c(c4ccccc4n3C)[C@H]2C(=O)NCCC(C)C)cc1. The van der Waals surface area contributed by atoms with Gasteiger partial charge in [0, 0.05) is 35.7 Å². The molecule has 3 aromatic rings. The number of aromatic nitrogens is 1. The lowest BCUT2D eigenvalue weighted by atomic mass is 10.0. The van der Waals surface area contributed by atoms with Gasteiger partial charge in [-0.25, -0.2) is 0 Å². The van der Waals surface area contributed by atoms with E-state index in [1.54, 1.807) is 4.90 Å². The van der Waals surface area contributed by atoms with Crippen molar-refractivity contribution in [1.82, 2.24) is 9.88 Å². The van der Waals surface area contributed by atoms with E-state index in [1.165, 1.54) is 11.8 Å². The second-order valence-corrected chi connectivity index (χ2v) is 9.61. The third kappa shape index (κ3) is 4.60. The molecule has 2 aromatic carbocycles. The van der Waals surface area contributed by atoms with Crippen LogP contribution < -0.4 is 15.0 Å². The lowest BCUT2D eigenvalue weighted by Gasteiger charge is -2.30. The Hall–Kier alpha value is -2.93. The highest BCUT2D eigenvalue weighted by Gasteiger charge is 2.39. The van der Waals surface area contributed by atoms with Crippen LogP contribution in [0.4, 0.5) is 5.69 Å². The molecule has 1 N–H and O–H groups in total. The van der Waals surface area contributed by atoms with E-state index < -0.39 is 6.04 Å². The first-order valence-electron chi connectivity index (χ1n) is 11.4. The van der Waals surface area contributed by atoms with E-state index in [9.17, 15) is 9.59 Å². The number of benzene rings is 2. The minimum atomic E-state index is -0.751. The summed E-state index contributed by atoms with van der Waals surface area (Å²) >= 11 is 1.50. The summed E-state index contributed by atoms with van der Waals surface area (Å²) in [6.45, 7) is 7.34. The van der Waals surface area contributed by atoms with Crippen LogP contribution in [-0.2, 0) is 16.6 Å². The Morgan fingerprint density at radius 1 is 1.18 bits per heavy atom. The molecule has 0 fully saturated rings. The molecule has 33 heavy (non-hydrogen) atoms. The van der Waals surface area contributed by atoms with E-state index >= 15 is 0 Å². The van der Waals surface area contributed by atoms with E-state index in [0.717, 1.165) is 33.7 Å². The van der Waals surface area contributed by atoms with E-state index in [2.05, 4.69) is 29.8 Å². The number of anilines is 1. The molecule has 0 saturated carbocycles. The van der Waals surface area contributed by atoms with Crippen LogP contribution in [-0.4, -0.2) is 35.3 Å². The molecule has 4 rings (SSSR count). The summed E-state index contributed by atoms with van der Waals surface area (Å²) in [5.41, 5.74) is 2.63. The van der Waals surface area contributed by atoms with Crippen LogP contribution in [0.15, 0.2) is 53.6 Å². The molecule has 1 aliphatic rings. The molecular formula is C26H31N3O3S. The van der Waals surface area contributed by atoms with E-state index in [1.807, 2.05) is 56.4 Å². The summed E-state index contributed by atoms with van der Waals surface area (Å²) in [5, 5.41) is 5.06. The zero-order valence-corrected chi connectivity index (χ0v) is 20.4. The number of thioether (sulfide) groups is 1. The second-order valence-electron chi connectivity index (χ2n) is 8.65. The van der Waals surface area contributed by atoms with Crippen molar-refractivity contribution in [2.24, 2.45) is 13.0 Å². The fourth-order valence-electron chi connectivity index (χ4n) is 4.30. The van der Waals surface area contributed by atoms with Crippen molar-refractivity contribution in [2.75, 3.05) is 23.8 Å². The quantitative estimate of drug-likeness (QED) is 0.538. The van der Waals surface area contributed by atoms with E-state index in [4.69, 9.17) is 4.74 Å². The number of aryl methyl sites for hydroxylation is 1. The molecule has 174 valence electrons. The van der Waals surface area contributed by atoms with Gasteiger partial charge >= 0.3 is 0 Å². The molecule has 0 spiro atoms. The van der Waals surface area contributed by atoms with Gasteiger partial charge in [-0.05, 0) is 49.6 Å². The minimum Gasteiger partial charge on any atom is -0.494 e. The third-order valence-electron chi connectivity index (χ3n) is 5.92. The summed E-state index contributed by atoms with van der Waals surface area (Å²) in [7, 11) is 2.00. The van der Waals surface area contributed by atoms with Gasteiger partial charge in [0.05, 0.1) is 17.4 Å². The molecule has 0 saturated heterocycles. The maximum atomic E-state index is 13.7. The van der Waals surface area contributed by atoms with Crippen LogP contribution >= 0.6 is 11.8 Å². The van der Waals surface area contributed by atoms with Crippen LogP contribution in [0.25, 0.3) is 10.9 Å². The fourth-order valence-corrected chi connectivity index (χ4v) is 5.37. The highest BCUT2D eigenvalue weighted by atomic mass is 32.2. The van der Waals surface area contributed by atoms with Gasteiger partial charge < -0.3 is 14.6 Å². The number of para-hydroxylation sites is 1. The van der Waals surface area contributed by atoms with Crippen molar-refractivity contribution < 1.29 is 14.3 Å². The largest absolute Gasteiger partial charge is 0.494 e. The van der Waals surface area contributed by atoms with Gasteiger partial charge in [0.1, 0.15) is 11.8 Å². The first kappa shape index (κ1) is 23.2. The Labute approximate surface area is 199 Å². The molecular weight excluding hydrogens is 434 g/mol. The molecule has 6 nitrogen and oxygen atoms in total. The number of carbonyl (C=O) groups is 2. The molecule has 0 radical (unpaired) electrons. The number of ether oxygens (including phenoxy) is 1. The molecule has 1 aliphatic heterocycles. The Morgan fingerprint density at radius 3 is 2.61 bits per heavy atom. The first-order chi connectivity index (χ1) is 15.9. The third-order valence-corrected chi connectivity index (χ3v) is 7.08. The average Bonchev–Trinajstić information content (AvgIpc) is 2.97. The topological polar surface area (TPSA) is 63.6 Å². The predicted octanol–water partition coefficient (Wildman–Crippen LogP) is 4.92. The Balaban J connectivity index is 1.84. The molecule has 2 heterocycles. The smallest absolute Gasteiger partial charge is 0.247 e. The highest BCUT2D eigenvalue weighted by molar-refractivity contribution is 8.00. The molecule has 0 unspecified atom stereocenters. The number of carbonyl (C=O) groups excluding carboxylic acids is 2. The number of amides is 2. The maximum Gasteiger partial charge on any atom is 0.247 e. The van der Waals surface area contributed by atoms with Crippen LogP contribution in [0.2, 0.25) is 0 Å². The summed E-state index contributed by atoms with van der Waals surface area (Å²) < 4.78 is 7.67. The number of nitrogens with one attached hydrogen (secondary N) is 1. The minimum absolute atomic E-state index is 0.0894. The number of hydrogen-bond acceptors (Lipinski definition) is 4. The van der Waals surface area contributed by atoms with Crippen LogP contribution in [0.3, 0.4) is 0 Å². The molecule has 0 aliphatic carbocycles. The van der Waals surface area contributed by atoms with Crippen molar-refractivity contribution in [3.63, 3.8) is 0 Å². The van der Waals surface area contributed by atoms with Gasteiger partial charge in [-0.2, -0.15) is 0 Å². The maximum absolute atomic E-state index is 13.7. The molecule has 0 bridgehead atoms. The lowest BCUT2D eigenvalue weighted by molar-refractivity contribution is -0.125. The zero-order valence-electron chi connectivity index (χ0n) is 19.6. The number of fused-ring (bicyclic) bond motifs is 3. The fraction of sp³-hybridized carbons (Fsp3) is 0.385. The Morgan fingerprint density at radius 2 is 1.91 bits per heavy atom. The molecule has 1 atom stereocenters. The van der Waals surface area contributed by atoms with Gasteiger partial charge in [0.2, 0.25) is 11.8 Å². The van der Waals surface area contributed by atoms with Gasteiger partial charge in [0.15, 0.2) is 0 Å². The summed E-state index contributed by atoms with van der Waals surface area (Å²) in [5.74, 6) is 1.24. The van der Waals surface area contributed by atoms with Crippen LogP contribution in [0, 0.1) is 5.92 Å². The van der Waals surface area contributed by atoms with Crippen LogP contribution in [0.1, 0.15) is 38.8 Å². The molecule has 1 aromatic heterocycles. The average molecular weight is 466 g/mol. The van der Waals surface area contributed by atoms with Gasteiger partial charge in [0.25, 0.3) is 0 Å². The van der Waals surface area contributed by atoms with Gasteiger partial charge in [-0.1, -0.05) is 43.8 Å². The predicted molar refractivity (Wildman–Crippen MR) is 134 cm³/mol. The summed E-state index contributed by atoms with van der Waals surface area (Å²) in [4.78, 5) is 28.8. The summed E-state index contributed by atoms with van der Waals surface area (Å²) in [6.07, 6.45) is 0.882. The van der Waals surface area contributed by atoms with Crippen molar-refractivity contribution >= 4 is 40.2 Å². The standard InChI is InChI=1S/C26H31N3O3S/c1-5-32-19-12-10-18(11-13-19)29-22(30)16-33-26-23(20-8-6-7-9-21(20)28(26)4)24(29)25(31)27-15-14-17(2)3/h6-13,17,24H,5,14-16H2,1-4H3,(H,27,31)/t24-/m0/s1. The number of rotatable bonds is 7. The van der Waals surface area contributed by atoms with E-state index in [-0.39, 0.29) is 17.6 Å². The summed E-state index contributed by atoms with van der Waals surface area (Å²) in [6, 6.07) is 14.7. The van der Waals surface area contributed by atoms with Gasteiger partial charge in [-0.15, -0.1) is 0 Å². The first-order valence-corrected chi connectivity index (χ1v) is 12.4. The lowest BCUT2D eigenvalue weighted by Crippen LogP contribution is -2.44. The molecule has 7 heteroatoms. The normalized spacial score (nSPS) is 16.1. The molecule has 2 amide bonds. The zero-order chi connectivity index (χ0) is 23.5. The van der Waals surface area contributed by atoms with Gasteiger partial charge in [-0.3, -0.25) is 14.5 Å². The van der Waals surface area contributed by atoms with Crippen LogP contribution in [0.5, 0.6) is 5.75 Å². The Bertz CT molecular complexity index is 1150. The van der Waals surface area contributed by atoms with E-state index in [0.29, 0.717) is 24.8 Å². The second kappa shape index (κ2) is 9.91. The number of nitrogens with zero attached hydrogens (tertiary/aromatic N) is 2. The van der Waals surface area contributed by atoms with Crippen molar-refractivity contribution in [2.45, 2.75) is 38.3 Å².